The molecule has 2 rings (SSSR count). The molecule has 2 heterocycles. The van der Waals surface area contributed by atoms with E-state index < -0.39 is 0 Å². The van der Waals surface area contributed by atoms with Crippen LogP contribution in [0.3, 0.4) is 0 Å². The predicted molar refractivity (Wildman–Crippen MR) is 80.0 cm³/mol. The number of thiazole rings is 1. The molecular weight excluding hydrogens is 258 g/mol. The second-order valence-corrected chi connectivity index (χ2v) is 6.34. The fourth-order valence-corrected chi connectivity index (χ4v) is 3.15. The molecule has 4 nitrogen and oxygen atoms in total. The number of hydrogen-bond acceptors (Lipinski definition) is 5. The zero-order valence-electron chi connectivity index (χ0n) is 12.1. The minimum Gasteiger partial charge on any atom is -0.379 e. The molecule has 0 aromatic carbocycles. The Kier molecular flexibility index (Phi) is 6.23. The van der Waals surface area contributed by atoms with Gasteiger partial charge in [0.1, 0.15) is 0 Å². The standard InChI is InChI=1S/C14H25N3OS/c1-12-13(2)19-14(16-12)4-6-15-5-3-7-17-8-10-18-11-9-17/h15H,3-11H2,1-2H3. The SMILES string of the molecule is Cc1nc(CCNCCCN2CCOCC2)sc1C. The van der Waals surface area contributed by atoms with Gasteiger partial charge < -0.3 is 10.1 Å². The first kappa shape index (κ1) is 14.9. The first-order chi connectivity index (χ1) is 9.25. The number of aromatic nitrogens is 1. The van der Waals surface area contributed by atoms with Crippen molar-refractivity contribution in [3.8, 4) is 0 Å². The summed E-state index contributed by atoms with van der Waals surface area (Å²) in [6, 6.07) is 0. The van der Waals surface area contributed by atoms with Crippen molar-refractivity contribution in [1.29, 1.82) is 0 Å². The Morgan fingerprint density at radius 2 is 2.05 bits per heavy atom. The van der Waals surface area contributed by atoms with Crippen molar-refractivity contribution in [2.75, 3.05) is 45.9 Å². The van der Waals surface area contributed by atoms with Crippen LogP contribution in [0, 0.1) is 13.8 Å². The quantitative estimate of drug-likeness (QED) is 0.772. The van der Waals surface area contributed by atoms with Crippen LogP contribution in [0.25, 0.3) is 0 Å². The number of nitrogens with zero attached hydrogens (tertiary/aromatic N) is 2. The number of ether oxygens (including phenoxy) is 1. The number of rotatable bonds is 7. The van der Waals surface area contributed by atoms with Crippen molar-refractivity contribution in [2.45, 2.75) is 26.7 Å². The molecule has 0 bridgehead atoms. The van der Waals surface area contributed by atoms with E-state index in [2.05, 4.69) is 29.0 Å². The van der Waals surface area contributed by atoms with Gasteiger partial charge in [0.2, 0.25) is 0 Å². The molecule has 19 heavy (non-hydrogen) atoms. The molecule has 1 aromatic rings. The van der Waals surface area contributed by atoms with E-state index in [4.69, 9.17) is 4.74 Å². The highest BCUT2D eigenvalue weighted by atomic mass is 32.1. The van der Waals surface area contributed by atoms with Gasteiger partial charge in [-0.1, -0.05) is 0 Å². The molecule has 0 atom stereocenters. The van der Waals surface area contributed by atoms with E-state index in [1.807, 2.05) is 11.3 Å². The van der Waals surface area contributed by atoms with Gasteiger partial charge in [-0.3, -0.25) is 4.90 Å². The Morgan fingerprint density at radius 1 is 1.26 bits per heavy atom. The van der Waals surface area contributed by atoms with Gasteiger partial charge in [-0.05, 0) is 33.4 Å². The molecule has 1 saturated heterocycles. The Labute approximate surface area is 120 Å². The maximum absolute atomic E-state index is 5.34. The van der Waals surface area contributed by atoms with E-state index in [9.17, 15) is 0 Å². The summed E-state index contributed by atoms with van der Waals surface area (Å²) in [5.74, 6) is 0. The van der Waals surface area contributed by atoms with Gasteiger partial charge in [-0.2, -0.15) is 0 Å². The van der Waals surface area contributed by atoms with Gasteiger partial charge in [0.25, 0.3) is 0 Å². The first-order valence-electron chi connectivity index (χ1n) is 7.19. The van der Waals surface area contributed by atoms with E-state index in [0.717, 1.165) is 45.8 Å². The van der Waals surface area contributed by atoms with E-state index in [0.29, 0.717) is 0 Å². The van der Waals surface area contributed by atoms with Gasteiger partial charge >= 0.3 is 0 Å². The van der Waals surface area contributed by atoms with E-state index in [-0.39, 0.29) is 0 Å². The highest BCUT2D eigenvalue weighted by Crippen LogP contribution is 2.16. The lowest BCUT2D eigenvalue weighted by Crippen LogP contribution is -2.37. The average molecular weight is 283 g/mol. The van der Waals surface area contributed by atoms with Crippen LogP contribution in [0.1, 0.15) is 22.0 Å². The summed E-state index contributed by atoms with van der Waals surface area (Å²) in [5, 5.41) is 4.77. The molecule has 1 aromatic heterocycles. The molecule has 5 heteroatoms. The predicted octanol–water partition coefficient (Wildman–Crippen LogP) is 1.61. The maximum atomic E-state index is 5.34. The Balaban J connectivity index is 1.50. The molecular formula is C14H25N3OS. The lowest BCUT2D eigenvalue weighted by molar-refractivity contribution is 0.0375. The molecule has 0 amide bonds. The van der Waals surface area contributed by atoms with E-state index in [1.165, 1.54) is 28.5 Å². The molecule has 1 aliphatic heterocycles. The monoisotopic (exact) mass is 283 g/mol. The molecule has 1 fully saturated rings. The second-order valence-electron chi connectivity index (χ2n) is 5.06. The number of hydrogen-bond donors (Lipinski definition) is 1. The highest BCUT2D eigenvalue weighted by Gasteiger charge is 2.09. The summed E-state index contributed by atoms with van der Waals surface area (Å²) < 4.78 is 5.34. The minimum atomic E-state index is 0.899. The number of morpholine rings is 1. The van der Waals surface area contributed by atoms with Crippen molar-refractivity contribution in [3.05, 3.63) is 15.6 Å². The zero-order chi connectivity index (χ0) is 13.5. The lowest BCUT2D eigenvalue weighted by Gasteiger charge is -2.26. The second kappa shape index (κ2) is 7.94. The van der Waals surface area contributed by atoms with Gasteiger partial charge in [0.15, 0.2) is 0 Å². The smallest absolute Gasteiger partial charge is 0.0943 e. The molecule has 1 N–H and O–H groups in total. The summed E-state index contributed by atoms with van der Waals surface area (Å²) in [7, 11) is 0. The summed E-state index contributed by atoms with van der Waals surface area (Å²) in [4.78, 5) is 8.39. The summed E-state index contributed by atoms with van der Waals surface area (Å²) >= 11 is 1.83. The normalized spacial score (nSPS) is 16.9. The van der Waals surface area contributed by atoms with Crippen molar-refractivity contribution in [1.82, 2.24) is 15.2 Å². The van der Waals surface area contributed by atoms with E-state index in [1.54, 1.807) is 0 Å². The largest absolute Gasteiger partial charge is 0.379 e. The van der Waals surface area contributed by atoms with E-state index >= 15 is 0 Å². The van der Waals surface area contributed by atoms with Crippen LogP contribution >= 0.6 is 11.3 Å². The third-order valence-electron chi connectivity index (χ3n) is 3.52. The summed E-state index contributed by atoms with van der Waals surface area (Å²) in [5.41, 5.74) is 1.19. The topological polar surface area (TPSA) is 37.4 Å². The molecule has 108 valence electrons. The summed E-state index contributed by atoms with van der Waals surface area (Å²) in [6.45, 7) is 11.5. The summed E-state index contributed by atoms with van der Waals surface area (Å²) in [6.07, 6.45) is 2.27. The Hall–Kier alpha value is -0.490. The first-order valence-corrected chi connectivity index (χ1v) is 8.01. The van der Waals surface area contributed by atoms with Crippen molar-refractivity contribution in [2.24, 2.45) is 0 Å². The van der Waals surface area contributed by atoms with Crippen LogP contribution in [0.15, 0.2) is 0 Å². The molecule has 0 aliphatic carbocycles. The molecule has 0 spiro atoms. The molecule has 0 radical (unpaired) electrons. The fourth-order valence-electron chi connectivity index (χ4n) is 2.22. The Morgan fingerprint density at radius 3 is 2.74 bits per heavy atom. The van der Waals surface area contributed by atoms with Crippen molar-refractivity contribution < 1.29 is 4.74 Å². The molecule has 0 unspecified atom stereocenters. The van der Waals surface area contributed by atoms with Crippen LogP contribution in [-0.2, 0) is 11.2 Å². The molecule has 0 saturated carbocycles. The zero-order valence-corrected chi connectivity index (χ0v) is 12.9. The number of aryl methyl sites for hydroxylation is 2. The fraction of sp³-hybridized carbons (Fsp3) is 0.786. The number of nitrogens with one attached hydrogen (secondary N) is 1. The van der Waals surface area contributed by atoms with Crippen LogP contribution in [0.4, 0.5) is 0 Å². The lowest BCUT2D eigenvalue weighted by atomic mass is 10.3. The van der Waals surface area contributed by atoms with Crippen molar-refractivity contribution >= 4 is 11.3 Å². The Bertz CT molecular complexity index is 355. The van der Waals surface area contributed by atoms with Crippen LogP contribution < -0.4 is 5.32 Å². The maximum Gasteiger partial charge on any atom is 0.0943 e. The highest BCUT2D eigenvalue weighted by molar-refractivity contribution is 7.11. The molecule has 1 aliphatic rings. The third-order valence-corrected chi connectivity index (χ3v) is 4.65. The van der Waals surface area contributed by atoms with Crippen LogP contribution in [0.5, 0.6) is 0 Å². The minimum absolute atomic E-state index is 0.899. The average Bonchev–Trinajstić information content (AvgIpc) is 2.74. The van der Waals surface area contributed by atoms with Gasteiger partial charge in [-0.25, -0.2) is 4.98 Å². The van der Waals surface area contributed by atoms with Crippen LogP contribution in [-0.4, -0.2) is 55.8 Å². The van der Waals surface area contributed by atoms with Gasteiger partial charge in [0.05, 0.1) is 23.9 Å². The third kappa shape index (κ3) is 5.18. The van der Waals surface area contributed by atoms with Gasteiger partial charge in [-0.15, -0.1) is 11.3 Å². The van der Waals surface area contributed by atoms with Crippen LogP contribution in [0.2, 0.25) is 0 Å². The van der Waals surface area contributed by atoms with Crippen molar-refractivity contribution in [3.63, 3.8) is 0 Å². The van der Waals surface area contributed by atoms with Gasteiger partial charge in [0, 0.05) is 30.9 Å².